The Hall–Kier alpha value is -1.94. The molecule has 0 atom stereocenters. The standard InChI is InChI=1S/C20H24N2OS/c1-16-6-8-19(9-7-16)24-15-20(23)22-12-10-21(11-13-22)18-5-3-4-17(2)14-18/h3-9,14H,10-13,15H2,1-2H3. The van der Waals surface area contributed by atoms with Crippen molar-refractivity contribution in [2.75, 3.05) is 36.8 Å². The molecule has 1 aliphatic rings. The Bertz CT molecular complexity index is 691. The van der Waals surface area contributed by atoms with Crippen molar-refractivity contribution in [3.05, 3.63) is 59.7 Å². The molecule has 1 heterocycles. The highest BCUT2D eigenvalue weighted by Gasteiger charge is 2.21. The minimum atomic E-state index is 0.240. The lowest BCUT2D eigenvalue weighted by Gasteiger charge is -2.36. The third-order valence-electron chi connectivity index (χ3n) is 4.38. The summed E-state index contributed by atoms with van der Waals surface area (Å²) in [4.78, 5) is 17.9. The van der Waals surface area contributed by atoms with Gasteiger partial charge in [-0.15, -0.1) is 11.8 Å². The first kappa shape index (κ1) is 16.9. The van der Waals surface area contributed by atoms with Crippen LogP contribution < -0.4 is 4.90 Å². The van der Waals surface area contributed by atoms with E-state index in [0.717, 1.165) is 31.1 Å². The third-order valence-corrected chi connectivity index (χ3v) is 5.38. The van der Waals surface area contributed by atoms with Crippen molar-refractivity contribution in [2.24, 2.45) is 0 Å². The van der Waals surface area contributed by atoms with Gasteiger partial charge in [0.25, 0.3) is 0 Å². The van der Waals surface area contributed by atoms with Gasteiger partial charge in [0, 0.05) is 36.8 Å². The Morgan fingerprint density at radius 2 is 1.67 bits per heavy atom. The summed E-state index contributed by atoms with van der Waals surface area (Å²) in [7, 11) is 0. The first-order chi connectivity index (χ1) is 11.6. The predicted molar refractivity (Wildman–Crippen MR) is 102 cm³/mol. The lowest BCUT2D eigenvalue weighted by atomic mass is 10.2. The summed E-state index contributed by atoms with van der Waals surface area (Å²) >= 11 is 1.63. The zero-order valence-electron chi connectivity index (χ0n) is 14.4. The highest BCUT2D eigenvalue weighted by atomic mass is 32.2. The van der Waals surface area contributed by atoms with E-state index in [9.17, 15) is 4.79 Å². The van der Waals surface area contributed by atoms with Crippen LogP contribution in [0.15, 0.2) is 53.4 Å². The van der Waals surface area contributed by atoms with E-state index < -0.39 is 0 Å². The summed E-state index contributed by atoms with van der Waals surface area (Å²) in [6, 6.07) is 16.9. The summed E-state index contributed by atoms with van der Waals surface area (Å²) < 4.78 is 0. The van der Waals surface area contributed by atoms with Crippen LogP contribution in [0.2, 0.25) is 0 Å². The molecule has 24 heavy (non-hydrogen) atoms. The Morgan fingerprint density at radius 3 is 2.33 bits per heavy atom. The second-order valence-electron chi connectivity index (χ2n) is 6.31. The minimum Gasteiger partial charge on any atom is -0.368 e. The monoisotopic (exact) mass is 340 g/mol. The largest absolute Gasteiger partial charge is 0.368 e. The van der Waals surface area contributed by atoms with E-state index in [4.69, 9.17) is 0 Å². The number of rotatable bonds is 4. The van der Waals surface area contributed by atoms with Crippen LogP contribution in [0.5, 0.6) is 0 Å². The Kier molecular flexibility index (Phi) is 5.46. The van der Waals surface area contributed by atoms with Crippen molar-refractivity contribution in [3.63, 3.8) is 0 Å². The van der Waals surface area contributed by atoms with Crippen LogP contribution in [-0.4, -0.2) is 42.7 Å². The lowest BCUT2D eigenvalue weighted by molar-refractivity contribution is -0.128. The van der Waals surface area contributed by atoms with E-state index in [1.54, 1.807) is 11.8 Å². The smallest absolute Gasteiger partial charge is 0.233 e. The number of amides is 1. The molecule has 1 aliphatic heterocycles. The average Bonchev–Trinajstić information content (AvgIpc) is 2.61. The number of aryl methyl sites for hydroxylation is 2. The molecule has 1 amide bonds. The zero-order chi connectivity index (χ0) is 16.9. The summed E-state index contributed by atoms with van der Waals surface area (Å²) in [6.45, 7) is 7.62. The second-order valence-corrected chi connectivity index (χ2v) is 7.36. The van der Waals surface area contributed by atoms with Crippen molar-refractivity contribution in [2.45, 2.75) is 18.7 Å². The van der Waals surface area contributed by atoms with E-state index in [1.807, 2.05) is 4.90 Å². The highest BCUT2D eigenvalue weighted by molar-refractivity contribution is 8.00. The van der Waals surface area contributed by atoms with E-state index in [0.29, 0.717) is 5.75 Å². The molecule has 3 rings (SSSR count). The molecule has 0 spiro atoms. The maximum atomic E-state index is 12.4. The van der Waals surface area contributed by atoms with Gasteiger partial charge >= 0.3 is 0 Å². The molecule has 4 heteroatoms. The number of carbonyl (C=O) groups is 1. The van der Waals surface area contributed by atoms with Crippen molar-refractivity contribution >= 4 is 23.4 Å². The summed E-state index contributed by atoms with van der Waals surface area (Å²) in [5.74, 6) is 0.762. The number of hydrogen-bond donors (Lipinski definition) is 0. The van der Waals surface area contributed by atoms with Crippen molar-refractivity contribution in [1.29, 1.82) is 0 Å². The Balaban J connectivity index is 1.49. The van der Waals surface area contributed by atoms with Crippen LogP contribution >= 0.6 is 11.8 Å². The average molecular weight is 340 g/mol. The van der Waals surface area contributed by atoms with Gasteiger partial charge in [-0.1, -0.05) is 29.8 Å². The zero-order valence-corrected chi connectivity index (χ0v) is 15.2. The van der Waals surface area contributed by atoms with E-state index >= 15 is 0 Å². The third kappa shape index (κ3) is 4.32. The molecule has 0 aromatic heterocycles. The van der Waals surface area contributed by atoms with Gasteiger partial charge in [0.1, 0.15) is 0 Å². The molecule has 1 saturated heterocycles. The molecule has 2 aromatic carbocycles. The minimum absolute atomic E-state index is 0.240. The van der Waals surface area contributed by atoms with Crippen LogP contribution in [0.25, 0.3) is 0 Å². The fourth-order valence-corrected chi connectivity index (χ4v) is 3.71. The summed E-state index contributed by atoms with van der Waals surface area (Å²) in [5, 5.41) is 0. The van der Waals surface area contributed by atoms with Crippen LogP contribution in [0, 0.1) is 13.8 Å². The number of hydrogen-bond acceptors (Lipinski definition) is 3. The van der Waals surface area contributed by atoms with E-state index in [1.165, 1.54) is 16.8 Å². The molecular formula is C20H24N2OS. The first-order valence-electron chi connectivity index (χ1n) is 8.41. The van der Waals surface area contributed by atoms with E-state index in [-0.39, 0.29) is 5.91 Å². The molecule has 0 unspecified atom stereocenters. The molecule has 126 valence electrons. The van der Waals surface area contributed by atoms with Gasteiger partial charge in [-0.25, -0.2) is 0 Å². The number of nitrogens with zero attached hydrogens (tertiary/aromatic N) is 2. The number of thioether (sulfide) groups is 1. The summed E-state index contributed by atoms with van der Waals surface area (Å²) in [6.07, 6.45) is 0. The molecule has 0 bridgehead atoms. The van der Waals surface area contributed by atoms with Crippen LogP contribution in [0.1, 0.15) is 11.1 Å². The van der Waals surface area contributed by atoms with Gasteiger partial charge in [0.2, 0.25) is 5.91 Å². The fraction of sp³-hybridized carbons (Fsp3) is 0.350. The molecular weight excluding hydrogens is 316 g/mol. The van der Waals surface area contributed by atoms with Gasteiger partial charge < -0.3 is 9.80 Å². The van der Waals surface area contributed by atoms with Crippen LogP contribution in [0.4, 0.5) is 5.69 Å². The second kappa shape index (κ2) is 7.75. The van der Waals surface area contributed by atoms with Crippen molar-refractivity contribution < 1.29 is 4.79 Å². The van der Waals surface area contributed by atoms with Crippen molar-refractivity contribution in [1.82, 2.24) is 4.90 Å². The molecule has 0 radical (unpaired) electrons. The molecule has 0 saturated carbocycles. The molecule has 0 N–H and O–H groups in total. The molecule has 3 nitrogen and oxygen atoms in total. The van der Waals surface area contributed by atoms with Gasteiger partial charge in [0.05, 0.1) is 5.75 Å². The Morgan fingerprint density at radius 1 is 0.958 bits per heavy atom. The SMILES string of the molecule is Cc1ccc(SCC(=O)N2CCN(c3cccc(C)c3)CC2)cc1. The summed E-state index contributed by atoms with van der Waals surface area (Å²) in [5.41, 5.74) is 3.79. The lowest BCUT2D eigenvalue weighted by Crippen LogP contribution is -2.49. The number of benzene rings is 2. The maximum Gasteiger partial charge on any atom is 0.233 e. The fourth-order valence-electron chi connectivity index (χ4n) is 2.91. The van der Waals surface area contributed by atoms with E-state index in [2.05, 4.69) is 67.3 Å². The van der Waals surface area contributed by atoms with Gasteiger partial charge in [-0.05, 0) is 43.7 Å². The van der Waals surface area contributed by atoms with Crippen LogP contribution in [-0.2, 0) is 4.79 Å². The first-order valence-corrected chi connectivity index (χ1v) is 9.39. The number of piperazine rings is 1. The highest BCUT2D eigenvalue weighted by Crippen LogP contribution is 2.21. The topological polar surface area (TPSA) is 23.6 Å². The molecule has 0 aliphatic carbocycles. The molecule has 1 fully saturated rings. The van der Waals surface area contributed by atoms with Crippen molar-refractivity contribution in [3.8, 4) is 0 Å². The van der Waals surface area contributed by atoms with Gasteiger partial charge in [0.15, 0.2) is 0 Å². The normalized spacial score (nSPS) is 14.8. The Labute approximate surface area is 148 Å². The van der Waals surface area contributed by atoms with Gasteiger partial charge in [-0.3, -0.25) is 4.79 Å². The quantitative estimate of drug-likeness (QED) is 0.792. The van der Waals surface area contributed by atoms with Crippen LogP contribution in [0.3, 0.4) is 0 Å². The number of carbonyl (C=O) groups excluding carboxylic acids is 1. The maximum absolute atomic E-state index is 12.4. The van der Waals surface area contributed by atoms with Gasteiger partial charge in [-0.2, -0.15) is 0 Å². The number of anilines is 1. The predicted octanol–water partition coefficient (Wildman–Crippen LogP) is 3.74. The molecule has 2 aromatic rings.